The van der Waals surface area contributed by atoms with Gasteiger partial charge in [0.15, 0.2) is 0 Å². The number of carbonyl (C=O) groups is 2. The zero-order chi connectivity index (χ0) is 14.3. The Bertz CT molecular complexity index is 581. The fraction of sp³-hybridized carbons (Fsp3) is 0.500. The topological polar surface area (TPSA) is 43.4 Å². The van der Waals surface area contributed by atoms with Crippen molar-refractivity contribution < 1.29 is 14.3 Å². The van der Waals surface area contributed by atoms with Crippen molar-refractivity contribution in [2.45, 2.75) is 37.5 Å². The molecule has 0 heterocycles. The molecule has 2 aliphatic rings. The Morgan fingerprint density at radius 3 is 2.90 bits per heavy atom. The van der Waals surface area contributed by atoms with Crippen LogP contribution in [0, 0.1) is 5.92 Å². The molecule has 1 aromatic carbocycles. The van der Waals surface area contributed by atoms with Gasteiger partial charge in [-0.1, -0.05) is 23.7 Å². The average Bonchev–Trinajstić information content (AvgIpc) is 2.79. The standard InChI is InChI=1S/C16H17ClO3/c1-20-15(19)11-6-8-16(9-14(11)18)7-5-10-12(16)3-2-4-13(10)17/h2-4,11H,5-9H2,1H3. The smallest absolute Gasteiger partial charge is 0.316 e. The van der Waals surface area contributed by atoms with Crippen LogP contribution in [0.3, 0.4) is 0 Å². The predicted octanol–water partition coefficient (Wildman–Crippen LogP) is 3.07. The minimum absolute atomic E-state index is 0.0101. The van der Waals surface area contributed by atoms with Crippen LogP contribution >= 0.6 is 11.6 Å². The number of hydrogen-bond donors (Lipinski definition) is 0. The molecular weight excluding hydrogens is 276 g/mol. The number of rotatable bonds is 1. The van der Waals surface area contributed by atoms with Gasteiger partial charge in [0.1, 0.15) is 11.7 Å². The number of Topliss-reactive ketones (excluding diaryl/α,β-unsaturated/α-hetero) is 1. The molecule has 0 N–H and O–H groups in total. The molecule has 3 nitrogen and oxygen atoms in total. The molecule has 3 rings (SSSR count). The summed E-state index contributed by atoms with van der Waals surface area (Å²) < 4.78 is 4.72. The molecule has 1 fully saturated rings. The number of fused-ring (bicyclic) bond motifs is 2. The second kappa shape index (κ2) is 4.88. The van der Waals surface area contributed by atoms with E-state index in [0.717, 1.165) is 24.3 Å². The van der Waals surface area contributed by atoms with Crippen molar-refractivity contribution in [1.29, 1.82) is 0 Å². The van der Waals surface area contributed by atoms with Gasteiger partial charge in [-0.2, -0.15) is 0 Å². The Morgan fingerprint density at radius 2 is 2.20 bits per heavy atom. The van der Waals surface area contributed by atoms with Crippen LogP contribution in [-0.4, -0.2) is 18.9 Å². The molecule has 2 unspecified atom stereocenters. The van der Waals surface area contributed by atoms with Crippen LogP contribution in [0.25, 0.3) is 0 Å². The fourth-order valence-electron chi connectivity index (χ4n) is 3.77. The number of esters is 1. The fourth-order valence-corrected chi connectivity index (χ4v) is 4.04. The molecule has 1 saturated carbocycles. The van der Waals surface area contributed by atoms with Gasteiger partial charge in [-0.25, -0.2) is 0 Å². The van der Waals surface area contributed by atoms with Crippen LogP contribution in [0.2, 0.25) is 5.02 Å². The van der Waals surface area contributed by atoms with Crippen molar-refractivity contribution in [2.24, 2.45) is 5.92 Å². The predicted molar refractivity (Wildman–Crippen MR) is 75.8 cm³/mol. The molecular formula is C16H17ClO3. The van der Waals surface area contributed by atoms with Crippen LogP contribution in [0.4, 0.5) is 0 Å². The van der Waals surface area contributed by atoms with E-state index in [-0.39, 0.29) is 11.2 Å². The van der Waals surface area contributed by atoms with E-state index in [9.17, 15) is 9.59 Å². The first-order valence-corrected chi connectivity index (χ1v) is 7.33. The second-order valence-electron chi connectivity index (χ2n) is 5.80. The Labute approximate surface area is 123 Å². The second-order valence-corrected chi connectivity index (χ2v) is 6.21. The van der Waals surface area contributed by atoms with E-state index in [2.05, 4.69) is 6.07 Å². The lowest BCUT2D eigenvalue weighted by Crippen LogP contribution is -2.39. The lowest BCUT2D eigenvalue weighted by atomic mass is 9.66. The Hall–Kier alpha value is -1.35. The van der Waals surface area contributed by atoms with Crippen LogP contribution < -0.4 is 0 Å². The largest absolute Gasteiger partial charge is 0.468 e. The molecule has 4 heteroatoms. The van der Waals surface area contributed by atoms with E-state index in [1.165, 1.54) is 18.2 Å². The van der Waals surface area contributed by atoms with Gasteiger partial charge in [0, 0.05) is 16.9 Å². The summed E-state index contributed by atoms with van der Waals surface area (Å²) in [5.74, 6) is -0.959. The molecule has 2 aliphatic carbocycles. The molecule has 0 saturated heterocycles. The van der Waals surface area contributed by atoms with E-state index >= 15 is 0 Å². The third-order valence-electron chi connectivity index (χ3n) is 4.84. The van der Waals surface area contributed by atoms with Crippen molar-refractivity contribution in [3.63, 3.8) is 0 Å². The SMILES string of the molecule is COC(=O)C1CCC2(CCc3c(Cl)cccc32)CC1=O. The highest BCUT2D eigenvalue weighted by Crippen LogP contribution is 2.50. The van der Waals surface area contributed by atoms with E-state index in [1.807, 2.05) is 12.1 Å². The summed E-state index contributed by atoms with van der Waals surface area (Å²) in [6.07, 6.45) is 3.74. The lowest BCUT2D eigenvalue weighted by molar-refractivity contribution is -0.151. The van der Waals surface area contributed by atoms with Crippen LogP contribution in [0.15, 0.2) is 18.2 Å². The van der Waals surface area contributed by atoms with Crippen molar-refractivity contribution in [3.05, 3.63) is 34.3 Å². The van der Waals surface area contributed by atoms with Gasteiger partial charge >= 0.3 is 5.97 Å². The van der Waals surface area contributed by atoms with Crippen LogP contribution in [0.5, 0.6) is 0 Å². The van der Waals surface area contributed by atoms with E-state index in [4.69, 9.17) is 16.3 Å². The third-order valence-corrected chi connectivity index (χ3v) is 5.20. The van der Waals surface area contributed by atoms with Gasteiger partial charge in [0.05, 0.1) is 7.11 Å². The number of hydrogen-bond acceptors (Lipinski definition) is 3. The first-order chi connectivity index (χ1) is 9.57. The molecule has 1 spiro atoms. The molecule has 106 valence electrons. The van der Waals surface area contributed by atoms with Crippen LogP contribution in [-0.2, 0) is 26.2 Å². The lowest BCUT2D eigenvalue weighted by Gasteiger charge is -2.36. The van der Waals surface area contributed by atoms with Gasteiger partial charge < -0.3 is 4.74 Å². The van der Waals surface area contributed by atoms with E-state index in [1.54, 1.807) is 0 Å². The Morgan fingerprint density at radius 1 is 1.40 bits per heavy atom. The first kappa shape index (κ1) is 13.6. The maximum absolute atomic E-state index is 12.3. The minimum atomic E-state index is -0.575. The van der Waals surface area contributed by atoms with E-state index < -0.39 is 11.9 Å². The zero-order valence-corrected chi connectivity index (χ0v) is 12.2. The molecule has 0 radical (unpaired) electrons. The average molecular weight is 293 g/mol. The van der Waals surface area contributed by atoms with Gasteiger partial charge in [-0.15, -0.1) is 0 Å². The highest BCUT2D eigenvalue weighted by Gasteiger charge is 2.47. The summed E-state index contributed by atoms with van der Waals surface area (Å²) in [7, 11) is 1.34. The number of carbonyl (C=O) groups excluding carboxylic acids is 2. The number of ether oxygens (including phenoxy) is 1. The molecule has 0 amide bonds. The summed E-state index contributed by atoms with van der Waals surface area (Å²) in [6, 6.07) is 5.94. The Balaban J connectivity index is 1.90. The Kier molecular flexibility index (Phi) is 3.33. The van der Waals surface area contributed by atoms with Crippen molar-refractivity contribution in [1.82, 2.24) is 0 Å². The molecule has 0 aromatic heterocycles. The monoisotopic (exact) mass is 292 g/mol. The zero-order valence-electron chi connectivity index (χ0n) is 11.4. The summed E-state index contributed by atoms with van der Waals surface area (Å²) in [5.41, 5.74) is 2.28. The van der Waals surface area contributed by atoms with Crippen molar-refractivity contribution in [2.75, 3.05) is 7.11 Å². The normalized spacial score (nSPS) is 28.5. The number of ketones is 1. The summed E-state index contributed by atoms with van der Waals surface area (Å²) in [6.45, 7) is 0. The maximum Gasteiger partial charge on any atom is 0.316 e. The number of benzene rings is 1. The van der Waals surface area contributed by atoms with Crippen molar-refractivity contribution >= 4 is 23.4 Å². The molecule has 1 aromatic rings. The number of halogens is 1. The minimum Gasteiger partial charge on any atom is -0.468 e. The first-order valence-electron chi connectivity index (χ1n) is 6.96. The number of methoxy groups -OCH3 is 1. The van der Waals surface area contributed by atoms with Gasteiger partial charge in [-0.3, -0.25) is 9.59 Å². The maximum atomic E-state index is 12.3. The summed E-state index contributed by atoms with van der Waals surface area (Å²) in [4.78, 5) is 23.9. The van der Waals surface area contributed by atoms with Gasteiger partial charge in [0.25, 0.3) is 0 Å². The van der Waals surface area contributed by atoms with Crippen LogP contribution in [0.1, 0.15) is 36.8 Å². The third kappa shape index (κ3) is 1.96. The molecule has 0 aliphatic heterocycles. The summed E-state index contributed by atoms with van der Waals surface area (Å²) >= 11 is 6.25. The molecule has 2 atom stereocenters. The van der Waals surface area contributed by atoms with Gasteiger partial charge in [0.2, 0.25) is 0 Å². The summed E-state index contributed by atoms with van der Waals surface area (Å²) in [5, 5.41) is 0.793. The molecule has 20 heavy (non-hydrogen) atoms. The highest BCUT2D eigenvalue weighted by molar-refractivity contribution is 6.31. The van der Waals surface area contributed by atoms with Gasteiger partial charge in [-0.05, 0) is 42.9 Å². The quantitative estimate of drug-likeness (QED) is 0.590. The molecule has 0 bridgehead atoms. The van der Waals surface area contributed by atoms with Crippen molar-refractivity contribution in [3.8, 4) is 0 Å². The van der Waals surface area contributed by atoms with E-state index in [0.29, 0.717) is 12.8 Å². The highest BCUT2D eigenvalue weighted by atomic mass is 35.5.